The van der Waals surface area contributed by atoms with Crippen molar-refractivity contribution in [2.45, 2.75) is 13.3 Å². The normalized spacial score (nSPS) is 10.6. The maximum atomic E-state index is 13.2. The molecular formula is C10H9ClFN3. The van der Waals surface area contributed by atoms with Crippen molar-refractivity contribution >= 4 is 11.6 Å². The lowest BCUT2D eigenvalue weighted by Crippen LogP contribution is -1.86. The molecule has 0 saturated heterocycles. The Bertz CT molecular complexity index is 481. The van der Waals surface area contributed by atoms with Gasteiger partial charge in [0.15, 0.2) is 5.82 Å². The second-order valence-corrected chi connectivity index (χ2v) is 3.44. The molecule has 78 valence electrons. The largest absolute Gasteiger partial charge is 0.263 e. The molecule has 0 atom stereocenters. The number of H-pyrrole nitrogens is 1. The number of rotatable bonds is 2. The number of halogens is 2. The maximum absolute atomic E-state index is 13.2. The molecule has 1 N–H and O–H groups in total. The third-order valence-corrected chi connectivity index (χ3v) is 2.44. The molecule has 15 heavy (non-hydrogen) atoms. The lowest BCUT2D eigenvalue weighted by molar-refractivity contribution is 0.628. The molecule has 2 aromatic rings. The van der Waals surface area contributed by atoms with Gasteiger partial charge >= 0.3 is 0 Å². The Labute approximate surface area is 91.3 Å². The molecule has 1 aromatic heterocycles. The van der Waals surface area contributed by atoms with Gasteiger partial charge in [-0.05, 0) is 12.1 Å². The van der Waals surface area contributed by atoms with E-state index in [1.807, 2.05) is 6.92 Å². The first-order chi connectivity index (χ1) is 7.22. The molecule has 0 aliphatic heterocycles. The highest BCUT2D eigenvalue weighted by atomic mass is 35.5. The number of nitrogens with one attached hydrogen (secondary N) is 1. The van der Waals surface area contributed by atoms with E-state index in [1.165, 1.54) is 6.07 Å². The third kappa shape index (κ3) is 1.85. The Balaban J connectivity index is 2.49. The van der Waals surface area contributed by atoms with Gasteiger partial charge in [-0.1, -0.05) is 24.6 Å². The summed E-state index contributed by atoms with van der Waals surface area (Å²) in [6.07, 6.45) is 0.750. The van der Waals surface area contributed by atoms with Crippen LogP contribution in [0, 0.1) is 5.82 Å². The minimum absolute atomic E-state index is 0.0548. The second-order valence-electron chi connectivity index (χ2n) is 3.06. The molecule has 5 heteroatoms. The minimum atomic E-state index is -0.461. The van der Waals surface area contributed by atoms with Crippen molar-refractivity contribution in [1.82, 2.24) is 15.2 Å². The molecule has 0 amide bonds. The van der Waals surface area contributed by atoms with E-state index in [0.717, 1.165) is 12.2 Å². The van der Waals surface area contributed by atoms with Crippen molar-refractivity contribution in [3.05, 3.63) is 34.9 Å². The topological polar surface area (TPSA) is 41.6 Å². The first-order valence-electron chi connectivity index (χ1n) is 4.58. The van der Waals surface area contributed by atoms with Gasteiger partial charge in [-0.25, -0.2) is 9.37 Å². The van der Waals surface area contributed by atoms with Crippen molar-refractivity contribution < 1.29 is 4.39 Å². The van der Waals surface area contributed by atoms with Gasteiger partial charge in [-0.15, -0.1) is 0 Å². The number of aryl methyl sites for hydroxylation is 1. The Kier molecular flexibility index (Phi) is 2.68. The van der Waals surface area contributed by atoms with Crippen LogP contribution in [0.2, 0.25) is 5.02 Å². The number of aromatic nitrogens is 3. The van der Waals surface area contributed by atoms with E-state index in [2.05, 4.69) is 15.2 Å². The lowest BCUT2D eigenvalue weighted by atomic mass is 10.2. The zero-order valence-corrected chi connectivity index (χ0v) is 8.85. The summed E-state index contributed by atoms with van der Waals surface area (Å²) < 4.78 is 13.2. The number of hydrogen-bond acceptors (Lipinski definition) is 2. The molecule has 0 bridgehead atoms. The highest BCUT2D eigenvalue weighted by Gasteiger charge is 2.11. The fraction of sp³-hybridized carbons (Fsp3) is 0.200. The molecule has 2 rings (SSSR count). The average Bonchev–Trinajstić information content (AvgIpc) is 2.70. The van der Waals surface area contributed by atoms with Crippen LogP contribution in [0.25, 0.3) is 11.4 Å². The van der Waals surface area contributed by atoms with Crippen molar-refractivity contribution in [2.24, 2.45) is 0 Å². The number of benzene rings is 1. The molecule has 0 saturated carbocycles. The monoisotopic (exact) mass is 225 g/mol. The van der Waals surface area contributed by atoms with Crippen LogP contribution in [-0.4, -0.2) is 15.2 Å². The summed E-state index contributed by atoms with van der Waals surface area (Å²) in [5.41, 5.74) is 0.507. The fourth-order valence-corrected chi connectivity index (χ4v) is 1.46. The van der Waals surface area contributed by atoms with Gasteiger partial charge in [0.1, 0.15) is 11.6 Å². The Morgan fingerprint density at radius 3 is 2.93 bits per heavy atom. The van der Waals surface area contributed by atoms with E-state index in [4.69, 9.17) is 11.6 Å². The average molecular weight is 226 g/mol. The van der Waals surface area contributed by atoms with Gasteiger partial charge < -0.3 is 0 Å². The Morgan fingerprint density at radius 1 is 1.47 bits per heavy atom. The molecule has 0 unspecified atom stereocenters. The molecule has 0 fully saturated rings. The molecule has 1 aromatic carbocycles. The summed E-state index contributed by atoms with van der Waals surface area (Å²) in [7, 11) is 0. The SMILES string of the molecule is CCc1nc(-c2cccc(F)c2Cl)n[nH]1. The number of hydrogen-bond donors (Lipinski definition) is 1. The van der Waals surface area contributed by atoms with Crippen molar-refractivity contribution in [2.75, 3.05) is 0 Å². The number of nitrogens with zero attached hydrogens (tertiary/aromatic N) is 2. The van der Waals surface area contributed by atoms with Crippen LogP contribution in [0.15, 0.2) is 18.2 Å². The zero-order valence-electron chi connectivity index (χ0n) is 8.09. The predicted octanol–water partition coefficient (Wildman–Crippen LogP) is 2.83. The van der Waals surface area contributed by atoms with Gasteiger partial charge in [0, 0.05) is 12.0 Å². The van der Waals surface area contributed by atoms with Crippen molar-refractivity contribution in [3.63, 3.8) is 0 Å². The molecule has 3 nitrogen and oxygen atoms in total. The van der Waals surface area contributed by atoms with Crippen LogP contribution in [0.1, 0.15) is 12.7 Å². The van der Waals surface area contributed by atoms with E-state index in [-0.39, 0.29) is 5.02 Å². The fourth-order valence-electron chi connectivity index (χ4n) is 1.25. The summed E-state index contributed by atoms with van der Waals surface area (Å²) in [6.45, 7) is 1.96. The van der Waals surface area contributed by atoms with Gasteiger partial charge in [0.05, 0.1) is 5.02 Å². The Morgan fingerprint density at radius 2 is 2.27 bits per heavy atom. The van der Waals surface area contributed by atoms with E-state index < -0.39 is 5.82 Å². The van der Waals surface area contributed by atoms with Crippen molar-refractivity contribution in [3.8, 4) is 11.4 Å². The molecule has 0 aliphatic carbocycles. The molecule has 0 aliphatic rings. The summed E-state index contributed by atoms with van der Waals surface area (Å²) in [5, 5.41) is 6.79. The van der Waals surface area contributed by atoms with Gasteiger partial charge in [-0.3, -0.25) is 5.10 Å². The van der Waals surface area contributed by atoms with Crippen LogP contribution in [0.4, 0.5) is 4.39 Å². The molecule has 1 heterocycles. The van der Waals surface area contributed by atoms with Crippen molar-refractivity contribution in [1.29, 1.82) is 0 Å². The zero-order chi connectivity index (χ0) is 10.8. The summed E-state index contributed by atoms with van der Waals surface area (Å²) in [4.78, 5) is 4.18. The van der Waals surface area contributed by atoms with Crippen LogP contribution < -0.4 is 0 Å². The third-order valence-electron chi connectivity index (χ3n) is 2.06. The van der Waals surface area contributed by atoms with E-state index in [1.54, 1.807) is 12.1 Å². The van der Waals surface area contributed by atoms with Gasteiger partial charge in [0.2, 0.25) is 0 Å². The quantitative estimate of drug-likeness (QED) is 0.854. The molecule has 0 radical (unpaired) electrons. The van der Waals surface area contributed by atoms with E-state index >= 15 is 0 Å². The Hall–Kier alpha value is -1.42. The summed E-state index contributed by atoms with van der Waals surface area (Å²) >= 11 is 5.81. The highest BCUT2D eigenvalue weighted by molar-refractivity contribution is 6.33. The smallest absolute Gasteiger partial charge is 0.182 e. The number of aromatic amines is 1. The predicted molar refractivity (Wildman–Crippen MR) is 56.2 cm³/mol. The molecule has 0 spiro atoms. The van der Waals surface area contributed by atoms with Gasteiger partial charge in [0.25, 0.3) is 0 Å². The standard InChI is InChI=1S/C10H9ClFN3/c1-2-8-13-10(15-14-8)6-4-3-5-7(12)9(6)11/h3-5H,2H2,1H3,(H,13,14,15). The first kappa shape index (κ1) is 10.1. The maximum Gasteiger partial charge on any atom is 0.182 e. The lowest BCUT2D eigenvalue weighted by Gasteiger charge is -1.99. The first-order valence-corrected chi connectivity index (χ1v) is 4.96. The summed E-state index contributed by atoms with van der Waals surface area (Å²) in [6, 6.07) is 4.58. The van der Waals surface area contributed by atoms with Crippen LogP contribution >= 0.6 is 11.6 Å². The van der Waals surface area contributed by atoms with Crippen LogP contribution in [0.5, 0.6) is 0 Å². The van der Waals surface area contributed by atoms with E-state index in [0.29, 0.717) is 11.4 Å². The minimum Gasteiger partial charge on any atom is -0.263 e. The second kappa shape index (κ2) is 3.98. The van der Waals surface area contributed by atoms with Gasteiger partial charge in [-0.2, -0.15) is 5.10 Å². The van der Waals surface area contributed by atoms with Crippen LogP contribution in [-0.2, 0) is 6.42 Å². The summed E-state index contributed by atoms with van der Waals surface area (Å²) in [5.74, 6) is 0.721. The van der Waals surface area contributed by atoms with E-state index in [9.17, 15) is 4.39 Å². The molecular weight excluding hydrogens is 217 g/mol. The highest BCUT2D eigenvalue weighted by Crippen LogP contribution is 2.27. The van der Waals surface area contributed by atoms with Crippen LogP contribution in [0.3, 0.4) is 0 Å².